The van der Waals surface area contributed by atoms with Crippen molar-refractivity contribution in [3.8, 4) is 0 Å². The van der Waals surface area contributed by atoms with E-state index in [9.17, 15) is 9.59 Å². The topological polar surface area (TPSA) is 63.4 Å². The third kappa shape index (κ3) is 3.48. The molecule has 1 aliphatic rings. The van der Waals surface area contributed by atoms with Crippen LogP contribution in [0.1, 0.15) is 29.5 Å². The first kappa shape index (κ1) is 14.8. The molecule has 2 heterocycles. The Kier molecular flexibility index (Phi) is 4.60. The van der Waals surface area contributed by atoms with Gasteiger partial charge in [0.25, 0.3) is 0 Å². The van der Waals surface area contributed by atoms with Crippen LogP contribution in [-0.2, 0) is 9.59 Å². The Morgan fingerprint density at radius 1 is 1.40 bits per heavy atom. The molecule has 20 heavy (non-hydrogen) atoms. The van der Waals surface area contributed by atoms with E-state index in [1.807, 2.05) is 32.1 Å². The van der Waals surface area contributed by atoms with Gasteiger partial charge in [-0.2, -0.15) is 0 Å². The number of nitrogens with two attached hydrogens (primary N) is 1. The van der Waals surface area contributed by atoms with Crippen molar-refractivity contribution in [2.45, 2.75) is 32.7 Å². The van der Waals surface area contributed by atoms with Gasteiger partial charge in [0.15, 0.2) is 0 Å². The quantitative estimate of drug-likeness (QED) is 0.868. The fraction of sp³-hybridized carbons (Fsp3) is 0.467. The first-order chi connectivity index (χ1) is 9.47. The standard InChI is InChI=1S/C15H20N2O2S/c1-10-3-5-12(15(16)19)9-17(10)14(18)8-7-13-6-4-11(2)20-13/h4,6-8,10,12H,3,5,9H2,1-2H3,(H2,16,19)/b8-7+/t10-,12-/m1/s1. The Hall–Kier alpha value is -1.62. The Morgan fingerprint density at radius 2 is 2.15 bits per heavy atom. The molecule has 0 radical (unpaired) electrons. The lowest BCUT2D eigenvalue weighted by molar-refractivity contribution is -0.133. The van der Waals surface area contributed by atoms with Gasteiger partial charge in [-0.1, -0.05) is 0 Å². The maximum Gasteiger partial charge on any atom is 0.246 e. The smallest absolute Gasteiger partial charge is 0.246 e. The Labute approximate surface area is 123 Å². The lowest BCUT2D eigenvalue weighted by atomic mass is 9.93. The summed E-state index contributed by atoms with van der Waals surface area (Å²) < 4.78 is 0. The van der Waals surface area contributed by atoms with Crippen LogP contribution in [-0.4, -0.2) is 29.3 Å². The van der Waals surface area contributed by atoms with Crippen molar-refractivity contribution in [3.63, 3.8) is 0 Å². The molecular weight excluding hydrogens is 272 g/mol. The number of thiophene rings is 1. The van der Waals surface area contributed by atoms with Crippen LogP contribution in [0.5, 0.6) is 0 Å². The van der Waals surface area contributed by atoms with Crippen molar-refractivity contribution < 1.29 is 9.59 Å². The van der Waals surface area contributed by atoms with E-state index in [0.29, 0.717) is 6.54 Å². The molecule has 0 aliphatic carbocycles. The van der Waals surface area contributed by atoms with Gasteiger partial charge in [-0.25, -0.2) is 0 Å². The summed E-state index contributed by atoms with van der Waals surface area (Å²) in [5, 5.41) is 0. The highest BCUT2D eigenvalue weighted by Gasteiger charge is 2.30. The van der Waals surface area contributed by atoms with Gasteiger partial charge in [-0.05, 0) is 44.9 Å². The van der Waals surface area contributed by atoms with Crippen LogP contribution in [0.3, 0.4) is 0 Å². The number of hydrogen-bond acceptors (Lipinski definition) is 3. The summed E-state index contributed by atoms with van der Waals surface area (Å²) >= 11 is 1.65. The molecule has 0 unspecified atom stereocenters. The van der Waals surface area contributed by atoms with E-state index in [-0.39, 0.29) is 23.8 Å². The number of rotatable bonds is 3. The molecule has 0 spiro atoms. The number of likely N-dealkylation sites (tertiary alicyclic amines) is 1. The van der Waals surface area contributed by atoms with Crippen LogP contribution in [0.4, 0.5) is 0 Å². The SMILES string of the molecule is Cc1ccc(/C=C/C(=O)N2C[C@H](C(N)=O)CC[C@H]2C)s1. The van der Waals surface area contributed by atoms with Crippen molar-refractivity contribution in [2.75, 3.05) is 6.54 Å². The molecule has 1 aromatic rings. The third-order valence-electron chi connectivity index (χ3n) is 3.72. The summed E-state index contributed by atoms with van der Waals surface area (Å²) in [5.41, 5.74) is 5.35. The Balaban J connectivity index is 2.03. The van der Waals surface area contributed by atoms with E-state index in [0.717, 1.165) is 17.7 Å². The van der Waals surface area contributed by atoms with E-state index in [2.05, 4.69) is 0 Å². The molecule has 1 saturated heterocycles. The molecule has 2 atom stereocenters. The maximum absolute atomic E-state index is 12.2. The normalized spacial score (nSPS) is 23.2. The number of carbonyl (C=O) groups excluding carboxylic acids is 2. The molecule has 2 amide bonds. The average Bonchev–Trinajstić information content (AvgIpc) is 2.82. The maximum atomic E-state index is 12.2. The highest BCUT2D eigenvalue weighted by atomic mass is 32.1. The van der Waals surface area contributed by atoms with E-state index >= 15 is 0 Å². The van der Waals surface area contributed by atoms with Crippen LogP contribution >= 0.6 is 11.3 Å². The highest BCUT2D eigenvalue weighted by Crippen LogP contribution is 2.22. The largest absolute Gasteiger partial charge is 0.369 e. The zero-order valence-corrected chi connectivity index (χ0v) is 12.7. The number of amides is 2. The van der Waals surface area contributed by atoms with Gasteiger partial charge < -0.3 is 10.6 Å². The minimum atomic E-state index is -0.312. The second kappa shape index (κ2) is 6.22. The van der Waals surface area contributed by atoms with Crippen molar-refractivity contribution in [1.82, 2.24) is 4.90 Å². The van der Waals surface area contributed by atoms with E-state index in [1.54, 1.807) is 22.3 Å². The molecule has 108 valence electrons. The number of nitrogens with zero attached hydrogens (tertiary/aromatic N) is 1. The molecular formula is C15H20N2O2S. The third-order valence-corrected chi connectivity index (χ3v) is 4.68. The zero-order chi connectivity index (χ0) is 14.7. The van der Waals surface area contributed by atoms with Gasteiger partial charge in [0.2, 0.25) is 11.8 Å². The van der Waals surface area contributed by atoms with Gasteiger partial charge >= 0.3 is 0 Å². The van der Waals surface area contributed by atoms with Crippen LogP contribution < -0.4 is 5.73 Å². The van der Waals surface area contributed by atoms with Crippen molar-refractivity contribution >= 4 is 29.2 Å². The lowest BCUT2D eigenvalue weighted by Gasteiger charge is -2.36. The summed E-state index contributed by atoms with van der Waals surface area (Å²) in [6.07, 6.45) is 5.02. The highest BCUT2D eigenvalue weighted by molar-refractivity contribution is 7.12. The molecule has 5 heteroatoms. The van der Waals surface area contributed by atoms with Gasteiger partial charge in [0.1, 0.15) is 0 Å². The molecule has 2 N–H and O–H groups in total. The molecule has 4 nitrogen and oxygen atoms in total. The first-order valence-electron chi connectivity index (χ1n) is 6.82. The summed E-state index contributed by atoms with van der Waals surface area (Å²) in [4.78, 5) is 27.6. The van der Waals surface area contributed by atoms with Crippen LogP contribution in [0, 0.1) is 12.8 Å². The molecule has 0 bridgehead atoms. The van der Waals surface area contributed by atoms with E-state index in [4.69, 9.17) is 5.73 Å². The minimum absolute atomic E-state index is 0.0468. The Bertz CT molecular complexity index is 536. The van der Waals surface area contributed by atoms with E-state index in [1.165, 1.54) is 4.88 Å². The second-order valence-corrected chi connectivity index (χ2v) is 6.62. The molecule has 1 aromatic heterocycles. The fourth-order valence-electron chi connectivity index (χ4n) is 2.44. The average molecular weight is 292 g/mol. The van der Waals surface area contributed by atoms with E-state index < -0.39 is 0 Å². The summed E-state index contributed by atoms with van der Waals surface area (Å²) in [7, 11) is 0. The van der Waals surface area contributed by atoms with Gasteiger partial charge in [-0.15, -0.1) is 11.3 Å². The number of primary amides is 1. The van der Waals surface area contributed by atoms with Gasteiger partial charge in [0, 0.05) is 28.4 Å². The molecule has 1 aliphatic heterocycles. The van der Waals surface area contributed by atoms with Gasteiger partial charge in [0.05, 0.1) is 5.92 Å². The number of hydrogen-bond donors (Lipinski definition) is 1. The zero-order valence-electron chi connectivity index (χ0n) is 11.8. The number of piperidine rings is 1. The predicted molar refractivity (Wildman–Crippen MR) is 81.2 cm³/mol. The van der Waals surface area contributed by atoms with Crippen LogP contribution in [0.15, 0.2) is 18.2 Å². The summed E-state index contributed by atoms with van der Waals surface area (Å²) in [6.45, 7) is 4.48. The van der Waals surface area contributed by atoms with Crippen molar-refractivity contribution in [1.29, 1.82) is 0 Å². The van der Waals surface area contributed by atoms with Gasteiger partial charge in [-0.3, -0.25) is 9.59 Å². The monoisotopic (exact) mass is 292 g/mol. The molecule has 0 saturated carbocycles. The minimum Gasteiger partial charge on any atom is -0.369 e. The second-order valence-electron chi connectivity index (χ2n) is 5.30. The van der Waals surface area contributed by atoms with Crippen LogP contribution in [0.2, 0.25) is 0 Å². The molecule has 1 fully saturated rings. The Morgan fingerprint density at radius 3 is 2.75 bits per heavy atom. The number of carbonyl (C=O) groups is 2. The van der Waals surface area contributed by atoms with Crippen molar-refractivity contribution in [2.24, 2.45) is 11.7 Å². The van der Waals surface area contributed by atoms with Crippen molar-refractivity contribution in [3.05, 3.63) is 28.0 Å². The molecule has 2 rings (SSSR count). The number of aryl methyl sites for hydroxylation is 1. The summed E-state index contributed by atoms with van der Waals surface area (Å²) in [6, 6.07) is 4.18. The summed E-state index contributed by atoms with van der Waals surface area (Å²) in [5.74, 6) is -0.574. The fourth-order valence-corrected chi connectivity index (χ4v) is 3.22. The first-order valence-corrected chi connectivity index (χ1v) is 7.63. The predicted octanol–water partition coefficient (Wildman–Crippen LogP) is 2.18. The lowest BCUT2D eigenvalue weighted by Crippen LogP contribution is -2.48. The van der Waals surface area contributed by atoms with Crippen LogP contribution in [0.25, 0.3) is 6.08 Å². The molecule has 0 aromatic carbocycles.